The molecule has 1 aromatic carbocycles. The summed E-state index contributed by atoms with van der Waals surface area (Å²) in [5, 5.41) is 2.60. The van der Waals surface area contributed by atoms with Crippen molar-refractivity contribution in [3.63, 3.8) is 0 Å². The first-order chi connectivity index (χ1) is 9.08. The fraction of sp³-hybridized carbons (Fsp3) is 0.462. The van der Waals surface area contributed by atoms with E-state index in [-0.39, 0.29) is 6.54 Å². The van der Waals surface area contributed by atoms with E-state index >= 15 is 0 Å². The number of ether oxygens (including phenoxy) is 1. The van der Waals surface area contributed by atoms with E-state index in [1.165, 1.54) is 19.2 Å². The average Bonchev–Trinajstić information content (AvgIpc) is 2.34. The lowest BCUT2D eigenvalue weighted by molar-refractivity contribution is 0.0947. The monoisotopic (exact) mass is 300 g/mol. The third-order valence-electron chi connectivity index (χ3n) is 3.15. The molecule has 20 heavy (non-hydrogen) atoms. The van der Waals surface area contributed by atoms with E-state index < -0.39 is 20.5 Å². The number of benzene rings is 1. The molecule has 0 heterocycles. The smallest absolute Gasteiger partial charge is 0.255 e. The van der Waals surface area contributed by atoms with E-state index in [4.69, 9.17) is 10.5 Å². The number of amides is 1. The van der Waals surface area contributed by atoms with Crippen molar-refractivity contribution in [1.82, 2.24) is 5.32 Å². The highest BCUT2D eigenvalue weighted by Crippen LogP contribution is 2.21. The molecule has 0 aliphatic rings. The number of hydrogen-bond donors (Lipinski definition) is 2. The lowest BCUT2D eigenvalue weighted by atomic mass is 10.1. The average molecular weight is 300 g/mol. The lowest BCUT2D eigenvalue weighted by Gasteiger charge is -2.23. The Morgan fingerprint density at radius 1 is 1.40 bits per heavy atom. The number of anilines is 1. The minimum Gasteiger partial charge on any atom is -0.496 e. The van der Waals surface area contributed by atoms with Gasteiger partial charge in [-0.3, -0.25) is 4.79 Å². The van der Waals surface area contributed by atoms with E-state index in [1.54, 1.807) is 19.9 Å². The first-order valence-corrected chi connectivity index (χ1v) is 7.89. The quantitative estimate of drug-likeness (QED) is 0.785. The van der Waals surface area contributed by atoms with Crippen molar-refractivity contribution < 1.29 is 17.9 Å². The summed E-state index contributed by atoms with van der Waals surface area (Å²) in [6.07, 6.45) is 1.14. The summed E-state index contributed by atoms with van der Waals surface area (Å²) in [5.41, 5.74) is 6.40. The molecule has 1 aromatic rings. The molecule has 112 valence electrons. The molecule has 6 nitrogen and oxygen atoms in total. The van der Waals surface area contributed by atoms with Gasteiger partial charge in [-0.2, -0.15) is 0 Å². The minimum atomic E-state index is -3.27. The number of methoxy groups -OCH3 is 1. The maximum absolute atomic E-state index is 12.1. The van der Waals surface area contributed by atoms with Gasteiger partial charge in [0.25, 0.3) is 5.91 Å². The molecule has 0 aliphatic carbocycles. The standard InChI is InChI=1S/C13H20N2O4S/c1-13(2,20(4,17)18)8-15-12(16)10-6-5-9(14)7-11(10)19-3/h5-7H,8,14H2,1-4H3,(H,15,16). The van der Waals surface area contributed by atoms with Crippen molar-refractivity contribution in [2.75, 3.05) is 25.6 Å². The molecule has 0 aromatic heterocycles. The molecule has 0 saturated heterocycles. The highest BCUT2D eigenvalue weighted by Gasteiger charge is 2.30. The molecule has 3 N–H and O–H groups in total. The summed E-state index contributed by atoms with van der Waals surface area (Å²) in [6.45, 7) is 3.13. The maximum atomic E-state index is 12.1. The predicted molar refractivity (Wildman–Crippen MR) is 78.7 cm³/mol. The van der Waals surface area contributed by atoms with Gasteiger partial charge >= 0.3 is 0 Å². The fourth-order valence-corrected chi connectivity index (χ4v) is 1.75. The van der Waals surface area contributed by atoms with Crippen LogP contribution in [0.25, 0.3) is 0 Å². The van der Waals surface area contributed by atoms with Crippen LogP contribution in [0.5, 0.6) is 5.75 Å². The maximum Gasteiger partial charge on any atom is 0.255 e. The Bertz CT molecular complexity index is 609. The predicted octanol–water partition coefficient (Wildman–Crippen LogP) is 0.830. The van der Waals surface area contributed by atoms with E-state index in [2.05, 4.69) is 5.32 Å². The minimum absolute atomic E-state index is 0.0121. The molecule has 0 atom stereocenters. The van der Waals surface area contributed by atoms with Gasteiger partial charge < -0.3 is 15.8 Å². The van der Waals surface area contributed by atoms with Gasteiger partial charge in [-0.05, 0) is 26.0 Å². The van der Waals surface area contributed by atoms with Crippen LogP contribution in [-0.4, -0.2) is 39.0 Å². The summed E-state index contributed by atoms with van der Waals surface area (Å²) in [5.74, 6) is -0.0572. The summed E-state index contributed by atoms with van der Waals surface area (Å²) >= 11 is 0. The Labute approximate surface area is 119 Å². The van der Waals surface area contributed by atoms with E-state index in [9.17, 15) is 13.2 Å². The topological polar surface area (TPSA) is 98.5 Å². The van der Waals surface area contributed by atoms with Gasteiger partial charge in [0.1, 0.15) is 5.75 Å². The Morgan fingerprint density at radius 2 is 2.00 bits per heavy atom. The van der Waals surface area contributed by atoms with E-state index in [0.29, 0.717) is 17.0 Å². The highest BCUT2D eigenvalue weighted by atomic mass is 32.2. The second-order valence-corrected chi connectivity index (χ2v) is 7.82. The van der Waals surface area contributed by atoms with Crippen LogP contribution < -0.4 is 15.8 Å². The number of carbonyl (C=O) groups excluding carboxylic acids is 1. The van der Waals surface area contributed by atoms with Gasteiger partial charge in [-0.25, -0.2) is 8.42 Å². The number of rotatable bonds is 5. The SMILES string of the molecule is COc1cc(N)ccc1C(=O)NCC(C)(C)S(C)(=O)=O. The lowest BCUT2D eigenvalue weighted by Crippen LogP contribution is -2.43. The molecule has 0 bridgehead atoms. The normalized spacial score (nSPS) is 12.0. The molecule has 0 saturated carbocycles. The van der Waals surface area contributed by atoms with Crippen molar-refractivity contribution in [2.24, 2.45) is 0 Å². The van der Waals surface area contributed by atoms with Crippen molar-refractivity contribution in [3.05, 3.63) is 23.8 Å². The molecule has 0 radical (unpaired) electrons. The number of nitrogens with one attached hydrogen (secondary N) is 1. The third kappa shape index (κ3) is 3.63. The van der Waals surface area contributed by atoms with Crippen LogP contribution in [0.1, 0.15) is 24.2 Å². The summed E-state index contributed by atoms with van der Waals surface area (Å²) in [6, 6.07) is 4.66. The third-order valence-corrected chi connectivity index (χ3v) is 5.30. The van der Waals surface area contributed by atoms with Gasteiger partial charge in [0.15, 0.2) is 9.84 Å². The summed E-state index contributed by atoms with van der Waals surface area (Å²) in [4.78, 5) is 12.1. The Kier molecular flexibility index (Phi) is 4.65. The Morgan fingerprint density at radius 3 is 2.50 bits per heavy atom. The second kappa shape index (κ2) is 5.70. The molecule has 0 aliphatic heterocycles. The number of sulfone groups is 1. The van der Waals surface area contributed by atoms with Crippen LogP contribution in [-0.2, 0) is 9.84 Å². The highest BCUT2D eigenvalue weighted by molar-refractivity contribution is 7.92. The molecule has 0 fully saturated rings. The summed E-state index contributed by atoms with van der Waals surface area (Å²) < 4.78 is 27.2. The number of nitrogens with two attached hydrogens (primary N) is 1. The van der Waals surface area contributed by atoms with Gasteiger partial charge in [-0.15, -0.1) is 0 Å². The van der Waals surface area contributed by atoms with Crippen LogP contribution in [0, 0.1) is 0 Å². The molecule has 0 unspecified atom stereocenters. The molecule has 7 heteroatoms. The molecular weight excluding hydrogens is 280 g/mol. The molecule has 1 amide bonds. The van der Waals surface area contributed by atoms with Crippen LogP contribution in [0.3, 0.4) is 0 Å². The molecular formula is C13H20N2O4S. The van der Waals surface area contributed by atoms with Crippen LogP contribution >= 0.6 is 0 Å². The van der Waals surface area contributed by atoms with Crippen molar-refractivity contribution in [2.45, 2.75) is 18.6 Å². The van der Waals surface area contributed by atoms with Crippen molar-refractivity contribution >= 4 is 21.4 Å². The van der Waals surface area contributed by atoms with Gasteiger partial charge in [0, 0.05) is 24.6 Å². The zero-order valence-electron chi connectivity index (χ0n) is 12.1. The number of carbonyl (C=O) groups is 1. The van der Waals surface area contributed by atoms with Crippen LogP contribution in [0.2, 0.25) is 0 Å². The zero-order chi connectivity index (χ0) is 15.6. The van der Waals surface area contributed by atoms with Gasteiger partial charge in [0.05, 0.1) is 17.4 Å². The van der Waals surface area contributed by atoms with Crippen molar-refractivity contribution in [1.29, 1.82) is 0 Å². The Hall–Kier alpha value is -1.76. The zero-order valence-corrected chi connectivity index (χ0v) is 12.9. The van der Waals surface area contributed by atoms with Gasteiger partial charge in [-0.1, -0.05) is 0 Å². The van der Waals surface area contributed by atoms with Crippen LogP contribution in [0.4, 0.5) is 5.69 Å². The van der Waals surface area contributed by atoms with Crippen LogP contribution in [0.15, 0.2) is 18.2 Å². The molecule has 1 rings (SSSR count). The van der Waals surface area contributed by atoms with Crippen molar-refractivity contribution in [3.8, 4) is 5.75 Å². The largest absolute Gasteiger partial charge is 0.496 e. The van der Waals surface area contributed by atoms with E-state index in [1.807, 2.05) is 0 Å². The number of nitrogen functional groups attached to an aromatic ring is 1. The second-order valence-electron chi connectivity index (χ2n) is 5.17. The first kappa shape index (κ1) is 16.3. The fourth-order valence-electron chi connectivity index (χ4n) is 1.41. The van der Waals surface area contributed by atoms with Gasteiger partial charge in [0.2, 0.25) is 0 Å². The Balaban J connectivity index is 2.88. The van der Waals surface area contributed by atoms with E-state index in [0.717, 1.165) is 6.26 Å². The first-order valence-electron chi connectivity index (χ1n) is 6.00. The molecule has 0 spiro atoms. The summed E-state index contributed by atoms with van der Waals surface area (Å²) in [7, 11) is -1.83. The number of hydrogen-bond acceptors (Lipinski definition) is 5.